The van der Waals surface area contributed by atoms with E-state index in [0.717, 1.165) is 30.2 Å². The maximum absolute atomic E-state index is 12.5. The summed E-state index contributed by atoms with van der Waals surface area (Å²) in [5.41, 5.74) is 1.02. The number of hydrogen-bond acceptors (Lipinski definition) is 3. The van der Waals surface area contributed by atoms with Gasteiger partial charge in [0.15, 0.2) is 11.5 Å². The monoisotopic (exact) mass is 304 g/mol. The minimum atomic E-state index is -0.0606. The van der Waals surface area contributed by atoms with Crippen LogP contribution >= 0.6 is 0 Å². The maximum Gasteiger partial charge on any atom is 0.317 e. The number of carbonyl (C=O) groups is 1. The molecule has 2 aliphatic heterocycles. The highest BCUT2D eigenvalue weighted by atomic mass is 16.7. The second kappa shape index (κ2) is 6.07. The molecule has 5 heteroatoms. The van der Waals surface area contributed by atoms with E-state index >= 15 is 0 Å². The van der Waals surface area contributed by atoms with Gasteiger partial charge in [-0.15, -0.1) is 0 Å². The average Bonchev–Trinajstić information content (AvgIpc) is 2.93. The molecule has 3 rings (SSSR count). The number of amides is 2. The second-order valence-corrected chi connectivity index (χ2v) is 6.63. The minimum Gasteiger partial charge on any atom is -0.454 e. The fourth-order valence-corrected chi connectivity index (χ4v) is 3.37. The van der Waals surface area contributed by atoms with Gasteiger partial charge in [0.05, 0.1) is 6.04 Å². The number of benzene rings is 1. The number of likely N-dealkylation sites (tertiary alicyclic amines) is 1. The van der Waals surface area contributed by atoms with Crippen molar-refractivity contribution in [1.29, 1.82) is 0 Å². The van der Waals surface area contributed by atoms with Gasteiger partial charge in [-0.05, 0) is 42.9 Å². The van der Waals surface area contributed by atoms with E-state index in [-0.39, 0.29) is 18.9 Å². The van der Waals surface area contributed by atoms with Crippen LogP contribution in [0.3, 0.4) is 0 Å². The van der Waals surface area contributed by atoms with Crippen LogP contribution in [0.5, 0.6) is 11.5 Å². The van der Waals surface area contributed by atoms with Crippen molar-refractivity contribution in [2.45, 2.75) is 33.2 Å². The summed E-state index contributed by atoms with van der Waals surface area (Å²) in [6, 6.07) is 5.76. The van der Waals surface area contributed by atoms with E-state index in [9.17, 15) is 4.79 Å². The lowest BCUT2D eigenvalue weighted by Crippen LogP contribution is -2.47. The first kappa shape index (κ1) is 15.0. The molecule has 2 aliphatic rings. The molecule has 3 unspecified atom stereocenters. The van der Waals surface area contributed by atoms with Gasteiger partial charge in [-0.25, -0.2) is 4.79 Å². The van der Waals surface area contributed by atoms with Gasteiger partial charge in [-0.2, -0.15) is 0 Å². The molecule has 0 aliphatic carbocycles. The molecule has 2 heterocycles. The van der Waals surface area contributed by atoms with Crippen LogP contribution < -0.4 is 14.8 Å². The number of piperidine rings is 1. The van der Waals surface area contributed by atoms with Crippen molar-refractivity contribution in [3.63, 3.8) is 0 Å². The van der Waals surface area contributed by atoms with Crippen LogP contribution in [-0.2, 0) is 0 Å². The Hall–Kier alpha value is -1.91. The Morgan fingerprint density at radius 2 is 1.91 bits per heavy atom. The highest BCUT2D eigenvalue weighted by Crippen LogP contribution is 2.34. The fraction of sp³-hybridized carbons (Fsp3) is 0.588. The smallest absolute Gasteiger partial charge is 0.317 e. The van der Waals surface area contributed by atoms with Gasteiger partial charge in [-0.3, -0.25) is 0 Å². The molecule has 0 bridgehead atoms. The van der Waals surface area contributed by atoms with Crippen molar-refractivity contribution >= 4 is 6.03 Å². The number of fused-ring (bicyclic) bond motifs is 1. The molecule has 1 aromatic carbocycles. The molecule has 120 valence electrons. The molecule has 0 aromatic heterocycles. The van der Waals surface area contributed by atoms with Gasteiger partial charge in [0.25, 0.3) is 0 Å². The zero-order valence-corrected chi connectivity index (χ0v) is 13.5. The van der Waals surface area contributed by atoms with Gasteiger partial charge >= 0.3 is 6.03 Å². The van der Waals surface area contributed by atoms with Crippen LogP contribution in [0.25, 0.3) is 0 Å². The summed E-state index contributed by atoms with van der Waals surface area (Å²) in [6.45, 7) is 8.35. The highest BCUT2D eigenvalue weighted by Gasteiger charge is 2.26. The van der Waals surface area contributed by atoms with Crippen LogP contribution in [-0.4, -0.2) is 30.8 Å². The number of urea groups is 1. The van der Waals surface area contributed by atoms with Crippen molar-refractivity contribution in [3.05, 3.63) is 23.8 Å². The second-order valence-electron chi connectivity index (χ2n) is 6.63. The SMILES string of the molecule is CC1CC(C)CN(C(=O)NC(C)c2ccc3c(c2)OCO3)C1. The van der Waals surface area contributed by atoms with E-state index in [1.165, 1.54) is 6.42 Å². The number of nitrogens with one attached hydrogen (secondary N) is 1. The predicted molar refractivity (Wildman–Crippen MR) is 84.0 cm³/mol. The van der Waals surface area contributed by atoms with Crippen molar-refractivity contribution in [3.8, 4) is 11.5 Å². The quantitative estimate of drug-likeness (QED) is 0.913. The average molecular weight is 304 g/mol. The van der Waals surface area contributed by atoms with Crippen molar-refractivity contribution in [1.82, 2.24) is 10.2 Å². The highest BCUT2D eigenvalue weighted by molar-refractivity contribution is 5.75. The zero-order chi connectivity index (χ0) is 15.7. The van der Waals surface area contributed by atoms with E-state index in [4.69, 9.17) is 9.47 Å². The first-order valence-corrected chi connectivity index (χ1v) is 7.98. The Labute approximate surface area is 131 Å². The van der Waals surface area contributed by atoms with Crippen molar-refractivity contribution < 1.29 is 14.3 Å². The lowest BCUT2D eigenvalue weighted by atomic mass is 9.92. The third-order valence-electron chi connectivity index (χ3n) is 4.39. The lowest BCUT2D eigenvalue weighted by Gasteiger charge is -2.35. The van der Waals surface area contributed by atoms with Gasteiger partial charge < -0.3 is 19.7 Å². The molecule has 3 atom stereocenters. The fourth-order valence-electron chi connectivity index (χ4n) is 3.37. The predicted octanol–water partition coefficient (Wildman–Crippen LogP) is 3.16. The Morgan fingerprint density at radius 1 is 1.23 bits per heavy atom. The summed E-state index contributed by atoms with van der Waals surface area (Å²) in [5, 5.41) is 3.09. The van der Waals surface area contributed by atoms with Gasteiger partial charge in [0.2, 0.25) is 6.79 Å². The standard InChI is InChI=1S/C17H24N2O3/c1-11-6-12(2)9-19(8-11)17(20)18-13(3)14-4-5-15-16(7-14)22-10-21-15/h4-5,7,11-13H,6,8-10H2,1-3H3,(H,18,20). The Balaban J connectivity index is 1.63. The molecule has 1 aromatic rings. The molecule has 0 saturated carbocycles. The van der Waals surface area contributed by atoms with Gasteiger partial charge in [0.1, 0.15) is 0 Å². The van der Waals surface area contributed by atoms with E-state index in [2.05, 4.69) is 19.2 Å². The molecule has 22 heavy (non-hydrogen) atoms. The summed E-state index contributed by atoms with van der Waals surface area (Å²) in [7, 11) is 0. The van der Waals surface area contributed by atoms with E-state index < -0.39 is 0 Å². The lowest BCUT2D eigenvalue weighted by molar-refractivity contribution is 0.144. The third kappa shape index (κ3) is 3.13. The number of hydrogen-bond donors (Lipinski definition) is 1. The van der Waals surface area contributed by atoms with Crippen molar-refractivity contribution in [2.75, 3.05) is 19.9 Å². The third-order valence-corrected chi connectivity index (χ3v) is 4.39. The Morgan fingerprint density at radius 3 is 2.64 bits per heavy atom. The van der Waals surface area contributed by atoms with Gasteiger partial charge in [0, 0.05) is 13.1 Å². The van der Waals surface area contributed by atoms with E-state index in [0.29, 0.717) is 11.8 Å². The van der Waals surface area contributed by atoms with E-state index in [1.54, 1.807) is 0 Å². The number of nitrogens with zero attached hydrogens (tertiary/aromatic N) is 1. The van der Waals surface area contributed by atoms with Gasteiger partial charge in [-0.1, -0.05) is 19.9 Å². The largest absolute Gasteiger partial charge is 0.454 e. The van der Waals surface area contributed by atoms with Crippen LogP contribution in [0.1, 0.15) is 38.8 Å². The summed E-state index contributed by atoms with van der Waals surface area (Å²) >= 11 is 0. The number of rotatable bonds is 2. The molecule has 2 amide bonds. The molecular formula is C17H24N2O3. The maximum atomic E-state index is 12.5. The normalized spacial score (nSPS) is 25.0. The molecule has 1 fully saturated rings. The van der Waals surface area contributed by atoms with Crippen LogP contribution in [0.2, 0.25) is 0 Å². The Bertz CT molecular complexity index is 551. The summed E-state index contributed by atoms with van der Waals surface area (Å²) in [5.74, 6) is 2.64. The first-order chi connectivity index (χ1) is 10.5. The summed E-state index contributed by atoms with van der Waals surface area (Å²) < 4.78 is 10.7. The molecular weight excluding hydrogens is 280 g/mol. The topological polar surface area (TPSA) is 50.8 Å². The minimum absolute atomic E-state index is 0.0172. The van der Waals surface area contributed by atoms with Crippen molar-refractivity contribution in [2.24, 2.45) is 11.8 Å². The summed E-state index contributed by atoms with van der Waals surface area (Å²) in [4.78, 5) is 14.4. The molecule has 5 nitrogen and oxygen atoms in total. The van der Waals surface area contributed by atoms with E-state index in [1.807, 2.05) is 30.0 Å². The first-order valence-electron chi connectivity index (χ1n) is 7.98. The summed E-state index contributed by atoms with van der Waals surface area (Å²) in [6.07, 6.45) is 1.20. The molecule has 1 saturated heterocycles. The molecule has 0 radical (unpaired) electrons. The number of carbonyl (C=O) groups excluding carboxylic acids is 1. The van der Waals surface area contributed by atoms with Crippen LogP contribution in [0.4, 0.5) is 4.79 Å². The molecule has 0 spiro atoms. The van der Waals surface area contributed by atoms with Crippen LogP contribution in [0.15, 0.2) is 18.2 Å². The molecule has 1 N–H and O–H groups in total. The Kier molecular flexibility index (Phi) is 4.14. The van der Waals surface area contributed by atoms with Crippen LogP contribution in [0, 0.1) is 11.8 Å². The zero-order valence-electron chi connectivity index (χ0n) is 13.5. The number of ether oxygens (including phenoxy) is 2.